The molecular formula is C14H19N3O2. The highest BCUT2D eigenvalue weighted by molar-refractivity contribution is 5.94. The van der Waals surface area contributed by atoms with Gasteiger partial charge in [-0.05, 0) is 44.4 Å². The minimum absolute atomic E-state index is 0.127. The van der Waals surface area contributed by atoms with Gasteiger partial charge in [0.2, 0.25) is 0 Å². The number of nitrogens with one attached hydrogen (secondary N) is 2. The Morgan fingerprint density at radius 1 is 1.37 bits per heavy atom. The predicted octanol–water partition coefficient (Wildman–Crippen LogP) is 0.731. The number of amides is 1. The Bertz CT molecular complexity index is 515. The molecule has 1 aromatic heterocycles. The fraction of sp³-hybridized carbons (Fsp3) is 0.571. The molecule has 2 aliphatic rings. The summed E-state index contributed by atoms with van der Waals surface area (Å²) in [6, 6.07) is 4.02. The van der Waals surface area contributed by atoms with E-state index in [4.69, 9.17) is 0 Å². The van der Waals surface area contributed by atoms with Gasteiger partial charge in [0.05, 0.1) is 0 Å². The van der Waals surface area contributed by atoms with Gasteiger partial charge in [0, 0.05) is 24.8 Å². The Morgan fingerprint density at radius 3 is 2.84 bits per heavy atom. The van der Waals surface area contributed by atoms with Crippen molar-refractivity contribution in [2.75, 3.05) is 13.1 Å². The molecule has 1 unspecified atom stereocenters. The summed E-state index contributed by atoms with van der Waals surface area (Å²) < 4.78 is 0. The van der Waals surface area contributed by atoms with Crippen LogP contribution in [-0.2, 0) is 0 Å². The molecule has 1 atom stereocenters. The van der Waals surface area contributed by atoms with Gasteiger partial charge in [0.1, 0.15) is 5.56 Å². The Kier molecular flexibility index (Phi) is 3.38. The summed E-state index contributed by atoms with van der Waals surface area (Å²) >= 11 is 0. The molecule has 0 aromatic carbocycles. The molecule has 2 heterocycles. The van der Waals surface area contributed by atoms with Gasteiger partial charge in [-0.3, -0.25) is 9.59 Å². The molecule has 1 saturated heterocycles. The second kappa shape index (κ2) is 5.17. The van der Waals surface area contributed by atoms with Crippen molar-refractivity contribution in [2.24, 2.45) is 0 Å². The molecule has 0 bridgehead atoms. The van der Waals surface area contributed by atoms with Crippen molar-refractivity contribution < 1.29 is 4.79 Å². The highest BCUT2D eigenvalue weighted by Crippen LogP contribution is 2.28. The van der Waals surface area contributed by atoms with Crippen LogP contribution in [0.5, 0.6) is 0 Å². The van der Waals surface area contributed by atoms with E-state index in [1.807, 2.05) is 4.90 Å². The topological polar surface area (TPSA) is 65.2 Å². The summed E-state index contributed by atoms with van der Waals surface area (Å²) in [5, 5.41) is 3.41. The molecule has 1 aliphatic heterocycles. The molecule has 1 amide bonds. The van der Waals surface area contributed by atoms with Crippen molar-refractivity contribution in [1.82, 2.24) is 15.2 Å². The average molecular weight is 261 g/mol. The number of carbonyl (C=O) groups excluding carboxylic acids is 1. The predicted molar refractivity (Wildman–Crippen MR) is 72.1 cm³/mol. The van der Waals surface area contributed by atoms with E-state index in [-0.39, 0.29) is 17.0 Å². The fourth-order valence-corrected chi connectivity index (χ4v) is 2.68. The molecule has 1 aliphatic carbocycles. The minimum atomic E-state index is -0.294. The van der Waals surface area contributed by atoms with Gasteiger partial charge in [-0.1, -0.05) is 0 Å². The molecule has 2 N–H and O–H groups in total. The van der Waals surface area contributed by atoms with Crippen molar-refractivity contribution in [3.05, 3.63) is 34.2 Å². The van der Waals surface area contributed by atoms with E-state index in [1.165, 1.54) is 6.42 Å². The molecule has 0 radical (unpaired) electrons. The maximum absolute atomic E-state index is 12.5. The van der Waals surface area contributed by atoms with Crippen LogP contribution < -0.4 is 10.9 Å². The standard InChI is InChI=1S/C14H19N3O2/c18-13-12(4-2-8-16-13)14(19)17(11-5-6-11)9-10-3-1-7-15-10/h2,4,8,10-11,15H,1,3,5-7,9H2,(H,16,18). The van der Waals surface area contributed by atoms with Crippen LogP contribution in [0.15, 0.2) is 23.1 Å². The molecule has 1 aromatic rings. The van der Waals surface area contributed by atoms with Crippen molar-refractivity contribution in [3.63, 3.8) is 0 Å². The van der Waals surface area contributed by atoms with Crippen LogP contribution in [0, 0.1) is 0 Å². The van der Waals surface area contributed by atoms with Gasteiger partial charge in [-0.2, -0.15) is 0 Å². The number of hydrogen-bond donors (Lipinski definition) is 2. The monoisotopic (exact) mass is 261 g/mol. The van der Waals surface area contributed by atoms with Crippen LogP contribution in [0.3, 0.4) is 0 Å². The van der Waals surface area contributed by atoms with Crippen molar-refractivity contribution in [3.8, 4) is 0 Å². The van der Waals surface area contributed by atoms with E-state index >= 15 is 0 Å². The molecule has 19 heavy (non-hydrogen) atoms. The summed E-state index contributed by atoms with van der Waals surface area (Å²) in [7, 11) is 0. The molecule has 5 nitrogen and oxygen atoms in total. The molecule has 1 saturated carbocycles. The third-order valence-corrected chi connectivity index (χ3v) is 3.88. The summed E-state index contributed by atoms with van der Waals surface area (Å²) in [5.41, 5.74) is -0.0371. The lowest BCUT2D eigenvalue weighted by molar-refractivity contribution is 0.0727. The first-order valence-corrected chi connectivity index (χ1v) is 6.98. The number of aromatic nitrogens is 1. The molecule has 3 rings (SSSR count). The maximum atomic E-state index is 12.5. The Labute approximate surface area is 112 Å². The Morgan fingerprint density at radius 2 is 2.21 bits per heavy atom. The number of hydrogen-bond acceptors (Lipinski definition) is 3. The zero-order chi connectivity index (χ0) is 13.2. The minimum Gasteiger partial charge on any atom is -0.334 e. The van der Waals surface area contributed by atoms with E-state index in [0.29, 0.717) is 12.1 Å². The lowest BCUT2D eigenvalue weighted by atomic mass is 10.2. The normalized spacial score (nSPS) is 22.4. The lowest BCUT2D eigenvalue weighted by Gasteiger charge is -2.25. The van der Waals surface area contributed by atoms with E-state index < -0.39 is 0 Å². The van der Waals surface area contributed by atoms with Gasteiger partial charge in [0.15, 0.2) is 0 Å². The van der Waals surface area contributed by atoms with Crippen LogP contribution in [0.2, 0.25) is 0 Å². The van der Waals surface area contributed by atoms with Crippen LogP contribution >= 0.6 is 0 Å². The van der Waals surface area contributed by atoms with Crippen molar-refractivity contribution >= 4 is 5.91 Å². The first kappa shape index (κ1) is 12.4. The number of nitrogens with zero attached hydrogens (tertiary/aromatic N) is 1. The zero-order valence-corrected chi connectivity index (χ0v) is 10.9. The van der Waals surface area contributed by atoms with Gasteiger partial charge < -0.3 is 15.2 Å². The molecule has 0 spiro atoms. The first-order valence-electron chi connectivity index (χ1n) is 6.98. The fourth-order valence-electron chi connectivity index (χ4n) is 2.68. The summed E-state index contributed by atoms with van der Waals surface area (Å²) in [6.07, 6.45) is 5.95. The quantitative estimate of drug-likeness (QED) is 0.840. The molecule has 5 heteroatoms. The number of H-pyrrole nitrogens is 1. The molecular weight excluding hydrogens is 242 g/mol. The van der Waals surface area contributed by atoms with Crippen LogP contribution in [0.4, 0.5) is 0 Å². The number of aromatic amines is 1. The highest BCUT2D eigenvalue weighted by Gasteiger charge is 2.35. The Balaban J connectivity index is 1.78. The number of carbonyl (C=O) groups is 1. The molecule has 2 fully saturated rings. The van der Waals surface area contributed by atoms with Crippen LogP contribution in [0.1, 0.15) is 36.0 Å². The summed E-state index contributed by atoms with van der Waals surface area (Å²) in [5.74, 6) is -0.127. The Hall–Kier alpha value is -1.62. The lowest BCUT2D eigenvalue weighted by Crippen LogP contribution is -2.43. The summed E-state index contributed by atoms with van der Waals surface area (Å²) in [4.78, 5) is 28.7. The number of pyridine rings is 1. The van der Waals surface area contributed by atoms with Crippen LogP contribution in [0.25, 0.3) is 0 Å². The van der Waals surface area contributed by atoms with E-state index in [1.54, 1.807) is 18.3 Å². The zero-order valence-electron chi connectivity index (χ0n) is 10.9. The third-order valence-electron chi connectivity index (χ3n) is 3.88. The smallest absolute Gasteiger partial charge is 0.260 e. The van der Waals surface area contributed by atoms with Crippen molar-refractivity contribution in [1.29, 1.82) is 0 Å². The molecule has 102 valence electrons. The van der Waals surface area contributed by atoms with E-state index in [2.05, 4.69) is 10.3 Å². The third kappa shape index (κ3) is 2.71. The SMILES string of the molecule is O=C(c1ccc[nH]c1=O)N(CC1CCCN1)C1CC1. The van der Waals surface area contributed by atoms with Gasteiger partial charge in [-0.25, -0.2) is 0 Å². The largest absolute Gasteiger partial charge is 0.334 e. The summed E-state index contributed by atoms with van der Waals surface area (Å²) in [6.45, 7) is 1.75. The number of rotatable bonds is 4. The maximum Gasteiger partial charge on any atom is 0.260 e. The van der Waals surface area contributed by atoms with Gasteiger partial charge >= 0.3 is 0 Å². The van der Waals surface area contributed by atoms with Crippen LogP contribution in [-0.4, -0.2) is 41.0 Å². The highest BCUT2D eigenvalue weighted by atomic mass is 16.2. The van der Waals surface area contributed by atoms with E-state index in [0.717, 1.165) is 32.4 Å². The van der Waals surface area contributed by atoms with Gasteiger partial charge in [0.25, 0.3) is 11.5 Å². The van der Waals surface area contributed by atoms with Crippen molar-refractivity contribution in [2.45, 2.75) is 37.8 Å². The second-order valence-electron chi connectivity index (χ2n) is 5.39. The second-order valence-corrected chi connectivity index (χ2v) is 5.39. The first-order chi connectivity index (χ1) is 9.25. The average Bonchev–Trinajstić information content (AvgIpc) is 3.13. The van der Waals surface area contributed by atoms with E-state index in [9.17, 15) is 9.59 Å². The van der Waals surface area contributed by atoms with Gasteiger partial charge in [-0.15, -0.1) is 0 Å².